The Labute approximate surface area is 165 Å². The van der Waals surface area contributed by atoms with Crippen molar-refractivity contribution >= 4 is 11.7 Å². The fourth-order valence-corrected chi connectivity index (χ4v) is 2.97. The zero-order chi connectivity index (χ0) is 19.8. The van der Waals surface area contributed by atoms with Gasteiger partial charge in [-0.05, 0) is 41.7 Å². The van der Waals surface area contributed by atoms with Crippen LogP contribution in [0.25, 0.3) is 0 Å². The molecule has 0 bridgehead atoms. The number of nitrogens with zero attached hydrogens (tertiary/aromatic N) is 3. The smallest absolute Gasteiger partial charge is 0.229 e. The highest BCUT2D eigenvalue weighted by Crippen LogP contribution is 2.11. The lowest BCUT2D eigenvalue weighted by molar-refractivity contribution is -0.115. The summed E-state index contributed by atoms with van der Waals surface area (Å²) in [7, 11) is 0. The van der Waals surface area contributed by atoms with Gasteiger partial charge in [0.25, 0.3) is 0 Å². The summed E-state index contributed by atoms with van der Waals surface area (Å²) in [6.07, 6.45) is 5.61. The number of aromatic nitrogens is 2. The van der Waals surface area contributed by atoms with E-state index >= 15 is 0 Å². The Hall–Kier alpha value is -3.39. The zero-order valence-corrected chi connectivity index (χ0v) is 16.1. The summed E-state index contributed by atoms with van der Waals surface area (Å²) in [6, 6.07) is 19.5. The Kier molecular flexibility index (Phi) is 6.59. The first-order chi connectivity index (χ1) is 13.7. The molecule has 0 unspecified atom stereocenters. The highest BCUT2D eigenvalue weighted by molar-refractivity contribution is 5.91. The van der Waals surface area contributed by atoms with E-state index in [1.165, 1.54) is 18.4 Å². The standard InChI is InChI=1S/C23H24N4O/c1-2-3-4-18-5-7-19(8-6-18)15-23(28)25-22-13-14-27(26-22)17-21-11-9-20(16-24)10-12-21/h5-14H,2-4,15,17H2,1H3,(H,25,26,28). The lowest BCUT2D eigenvalue weighted by Gasteiger charge is -2.05. The first kappa shape index (κ1) is 19.4. The van der Waals surface area contributed by atoms with Crippen molar-refractivity contribution in [2.75, 3.05) is 5.32 Å². The minimum Gasteiger partial charge on any atom is -0.309 e. The minimum absolute atomic E-state index is 0.0788. The van der Waals surface area contributed by atoms with Gasteiger partial charge in [-0.2, -0.15) is 10.4 Å². The van der Waals surface area contributed by atoms with E-state index in [-0.39, 0.29) is 5.91 Å². The zero-order valence-electron chi connectivity index (χ0n) is 16.1. The van der Waals surface area contributed by atoms with Crippen LogP contribution in [0.1, 0.15) is 42.0 Å². The van der Waals surface area contributed by atoms with Gasteiger partial charge >= 0.3 is 0 Å². The third-order valence-corrected chi connectivity index (χ3v) is 4.54. The van der Waals surface area contributed by atoms with Gasteiger partial charge in [0, 0.05) is 12.3 Å². The SMILES string of the molecule is CCCCc1ccc(CC(=O)Nc2ccn(Cc3ccc(C#N)cc3)n2)cc1. The first-order valence-corrected chi connectivity index (χ1v) is 9.56. The number of hydrogen-bond donors (Lipinski definition) is 1. The van der Waals surface area contributed by atoms with E-state index in [1.54, 1.807) is 22.9 Å². The average Bonchev–Trinajstić information content (AvgIpc) is 3.14. The maximum absolute atomic E-state index is 12.3. The number of aryl methyl sites for hydroxylation is 1. The Balaban J connectivity index is 1.52. The van der Waals surface area contributed by atoms with E-state index in [4.69, 9.17) is 5.26 Å². The van der Waals surface area contributed by atoms with Crippen LogP contribution in [-0.4, -0.2) is 15.7 Å². The molecule has 5 heteroatoms. The average molecular weight is 372 g/mol. The van der Waals surface area contributed by atoms with Gasteiger partial charge in [0.05, 0.1) is 24.6 Å². The first-order valence-electron chi connectivity index (χ1n) is 9.56. The van der Waals surface area contributed by atoms with Crippen molar-refractivity contribution in [1.82, 2.24) is 9.78 Å². The molecule has 142 valence electrons. The van der Waals surface area contributed by atoms with Crippen LogP contribution in [-0.2, 0) is 24.2 Å². The quantitative estimate of drug-likeness (QED) is 0.640. The van der Waals surface area contributed by atoms with Crippen LogP contribution < -0.4 is 5.32 Å². The molecule has 0 radical (unpaired) electrons. The van der Waals surface area contributed by atoms with Crippen molar-refractivity contribution in [3.8, 4) is 6.07 Å². The molecule has 2 aromatic carbocycles. The summed E-state index contributed by atoms with van der Waals surface area (Å²) in [5, 5.41) is 16.1. The number of amides is 1. The van der Waals surface area contributed by atoms with Crippen LogP contribution >= 0.6 is 0 Å². The second-order valence-corrected chi connectivity index (χ2v) is 6.85. The van der Waals surface area contributed by atoms with Gasteiger partial charge in [0.15, 0.2) is 5.82 Å². The number of carbonyl (C=O) groups is 1. The summed E-state index contributed by atoms with van der Waals surface area (Å²) in [5.74, 6) is 0.461. The summed E-state index contributed by atoms with van der Waals surface area (Å²) in [5.41, 5.74) is 3.99. The molecule has 3 rings (SSSR count). The monoisotopic (exact) mass is 372 g/mol. The van der Waals surface area contributed by atoms with Crippen molar-refractivity contribution in [2.45, 2.75) is 39.2 Å². The minimum atomic E-state index is -0.0788. The van der Waals surface area contributed by atoms with E-state index in [0.29, 0.717) is 24.3 Å². The van der Waals surface area contributed by atoms with Gasteiger partial charge in [-0.25, -0.2) is 0 Å². The van der Waals surface area contributed by atoms with Crippen LogP contribution in [0.5, 0.6) is 0 Å². The van der Waals surface area contributed by atoms with Crippen LogP contribution in [0, 0.1) is 11.3 Å². The summed E-state index contributed by atoms with van der Waals surface area (Å²) < 4.78 is 1.76. The highest BCUT2D eigenvalue weighted by atomic mass is 16.1. The van der Waals surface area contributed by atoms with Gasteiger partial charge in [-0.3, -0.25) is 9.48 Å². The normalized spacial score (nSPS) is 10.4. The van der Waals surface area contributed by atoms with Crippen LogP contribution in [0.3, 0.4) is 0 Å². The molecule has 1 amide bonds. The van der Waals surface area contributed by atoms with Crippen molar-refractivity contribution < 1.29 is 4.79 Å². The number of hydrogen-bond acceptors (Lipinski definition) is 3. The fourth-order valence-electron chi connectivity index (χ4n) is 2.97. The molecule has 3 aromatic rings. The van der Waals surface area contributed by atoms with E-state index in [9.17, 15) is 4.79 Å². The summed E-state index contributed by atoms with van der Waals surface area (Å²) >= 11 is 0. The number of nitrogens with one attached hydrogen (secondary N) is 1. The number of nitriles is 1. The van der Waals surface area contributed by atoms with Crippen LogP contribution in [0.4, 0.5) is 5.82 Å². The molecule has 1 N–H and O–H groups in total. The third-order valence-electron chi connectivity index (χ3n) is 4.54. The molecule has 0 atom stereocenters. The van der Waals surface area contributed by atoms with Crippen molar-refractivity contribution in [1.29, 1.82) is 5.26 Å². The number of unbranched alkanes of at least 4 members (excludes halogenated alkanes) is 1. The van der Waals surface area contributed by atoms with Crippen molar-refractivity contribution in [2.24, 2.45) is 0 Å². The molecule has 1 heterocycles. The maximum atomic E-state index is 12.3. The molecule has 0 saturated carbocycles. The Morgan fingerprint density at radius 1 is 1.04 bits per heavy atom. The van der Waals surface area contributed by atoms with Gasteiger partial charge < -0.3 is 5.32 Å². The predicted molar refractivity (Wildman–Crippen MR) is 110 cm³/mol. The lowest BCUT2D eigenvalue weighted by atomic mass is 10.0. The molecule has 0 fully saturated rings. The van der Waals surface area contributed by atoms with Crippen LogP contribution in [0.2, 0.25) is 0 Å². The van der Waals surface area contributed by atoms with Crippen LogP contribution in [0.15, 0.2) is 60.8 Å². The molecule has 0 aliphatic heterocycles. The van der Waals surface area contributed by atoms with E-state index in [2.05, 4.69) is 35.5 Å². The van der Waals surface area contributed by atoms with Crippen molar-refractivity contribution in [3.63, 3.8) is 0 Å². The molecular formula is C23H24N4O. The number of anilines is 1. The molecule has 5 nitrogen and oxygen atoms in total. The fraction of sp³-hybridized carbons (Fsp3) is 0.261. The van der Waals surface area contributed by atoms with E-state index in [1.807, 2.05) is 30.5 Å². The van der Waals surface area contributed by atoms with Gasteiger partial charge in [0.1, 0.15) is 0 Å². The van der Waals surface area contributed by atoms with Gasteiger partial charge in [0.2, 0.25) is 5.91 Å². The summed E-state index contributed by atoms with van der Waals surface area (Å²) in [4.78, 5) is 12.3. The largest absolute Gasteiger partial charge is 0.309 e. The van der Waals surface area contributed by atoms with Gasteiger partial charge in [-0.15, -0.1) is 0 Å². The summed E-state index contributed by atoms with van der Waals surface area (Å²) in [6.45, 7) is 2.77. The predicted octanol–water partition coefficient (Wildman–Crippen LogP) is 4.33. The molecule has 1 aromatic heterocycles. The number of benzene rings is 2. The number of rotatable bonds is 8. The molecule has 0 spiro atoms. The second kappa shape index (κ2) is 9.52. The number of carbonyl (C=O) groups excluding carboxylic acids is 1. The second-order valence-electron chi connectivity index (χ2n) is 6.85. The van der Waals surface area contributed by atoms with E-state index < -0.39 is 0 Å². The molecule has 0 aliphatic carbocycles. The molecular weight excluding hydrogens is 348 g/mol. The highest BCUT2D eigenvalue weighted by Gasteiger charge is 2.07. The third kappa shape index (κ3) is 5.55. The van der Waals surface area contributed by atoms with Gasteiger partial charge in [-0.1, -0.05) is 49.7 Å². The topological polar surface area (TPSA) is 70.7 Å². The molecule has 0 saturated heterocycles. The molecule has 28 heavy (non-hydrogen) atoms. The Morgan fingerprint density at radius 2 is 1.71 bits per heavy atom. The Bertz CT molecular complexity index is 950. The van der Waals surface area contributed by atoms with E-state index in [0.717, 1.165) is 17.5 Å². The Morgan fingerprint density at radius 3 is 2.39 bits per heavy atom. The maximum Gasteiger partial charge on any atom is 0.229 e. The lowest BCUT2D eigenvalue weighted by Crippen LogP contribution is -2.15. The molecule has 0 aliphatic rings. The van der Waals surface area contributed by atoms with Crippen molar-refractivity contribution in [3.05, 3.63) is 83.0 Å².